The Balaban J connectivity index is 1.33. The lowest BCUT2D eigenvalue weighted by molar-refractivity contribution is 0.499. The summed E-state index contributed by atoms with van der Waals surface area (Å²) in [5.41, 5.74) is 9.33. The van der Waals surface area contributed by atoms with Crippen LogP contribution in [0.3, 0.4) is 0 Å². The van der Waals surface area contributed by atoms with Crippen LogP contribution < -0.4 is 16.0 Å². The maximum Gasteiger partial charge on any atom is 0.230 e. The minimum atomic E-state index is 0.183. The van der Waals surface area contributed by atoms with Gasteiger partial charge in [0.25, 0.3) is 0 Å². The fourth-order valence-electron chi connectivity index (χ4n) is 4.18. The fourth-order valence-corrected chi connectivity index (χ4v) is 4.53. The minimum absolute atomic E-state index is 0.183. The minimum Gasteiger partial charge on any atom is -0.347 e. The molecule has 29 heavy (non-hydrogen) atoms. The molecule has 3 aromatic heterocycles. The molecule has 4 heterocycles. The van der Waals surface area contributed by atoms with Crippen LogP contribution in [0.5, 0.6) is 0 Å². The molecule has 4 N–H and O–H groups in total. The van der Waals surface area contributed by atoms with Crippen LogP contribution in [0.1, 0.15) is 18.7 Å². The lowest BCUT2D eigenvalue weighted by atomic mass is 10.0. The van der Waals surface area contributed by atoms with Crippen LogP contribution in [0, 0.1) is 5.41 Å². The topological polar surface area (TPSA) is 113 Å². The molecule has 9 nitrogen and oxygen atoms in total. The number of nitrogens with one attached hydrogen (secondary N) is 2. The molecule has 1 atom stereocenters. The van der Waals surface area contributed by atoms with Gasteiger partial charge < -0.3 is 20.9 Å². The van der Waals surface area contributed by atoms with Gasteiger partial charge in [-0.2, -0.15) is 19.6 Å². The molecule has 2 aliphatic rings. The maximum absolute atomic E-state index is 6.38. The maximum atomic E-state index is 6.38. The van der Waals surface area contributed by atoms with Gasteiger partial charge in [0.1, 0.15) is 5.82 Å². The first kappa shape index (κ1) is 17.2. The Hall–Kier alpha value is -2.72. The summed E-state index contributed by atoms with van der Waals surface area (Å²) in [7, 11) is 0. The van der Waals surface area contributed by atoms with Crippen LogP contribution in [-0.2, 0) is 6.54 Å². The normalized spacial score (nSPS) is 20.2. The second kappa shape index (κ2) is 6.14. The predicted octanol–water partition coefficient (Wildman–Crippen LogP) is 2.30. The van der Waals surface area contributed by atoms with E-state index < -0.39 is 0 Å². The van der Waals surface area contributed by atoms with E-state index in [1.165, 1.54) is 12.8 Å². The molecule has 1 spiro atoms. The third kappa shape index (κ3) is 2.77. The molecule has 1 saturated heterocycles. The lowest BCUT2D eigenvalue weighted by Crippen LogP contribution is -2.30. The van der Waals surface area contributed by atoms with Crippen molar-refractivity contribution in [2.75, 3.05) is 23.3 Å². The Bertz CT molecular complexity index is 1190. The molecule has 1 aliphatic heterocycles. The van der Waals surface area contributed by atoms with Gasteiger partial charge in [-0.3, -0.25) is 0 Å². The van der Waals surface area contributed by atoms with Gasteiger partial charge >= 0.3 is 0 Å². The number of nitrogens with zero attached hydrogens (tertiary/aromatic N) is 6. The number of aromatic nitrogens is 6. The van der Waals surface area contributed by atoms with Crippen molar-refractivity contribution < 1.29 is 0 Å². The molecular weight excluding hydrogens is 434 g/mol. The van der Waals surface area contributed by atoms with Gasteiger partial charge in [-0.05, 0) is 40.9 Å². The fraction of sp³-hybridized carbons (Fsp3) is 0.368. The molecular formula is C19H20BrN9. The van der Waals surface area contributed by atoms with E-state index in [9.17, 15) is 0 Å². The van der Waals surface area contributed by atoms with E-state index in [4.69, 9.17) is 15.7 Å². The predicted molar refractivity (Wildman–Crippen MR) is 114 cm³/mol. The average molecular weight is 454 g/mol. The molecule has 6 rings (SSSR count). The number of hydrogen-bond acceptors (Lipinski definition) is 7. The molecule has 4 aromatic rings. The van der Waals surface area contributed by atoms with Gasteiger partial charge in [0.15, 0.2) is 5.65 Å². The highest BCUT2D eigenvalue weighted by Crippen LogP contribution is 2.52. The largest absolute Gasteiger partial charge is 0.347 e. The number of hydrogen-bond donors (Lipinski definition) is 3. The van der Waals surface area contributed by atoms with Crippen LogP contribution in [0.2, 0.25) is 0 Å². The Labute approximate surface area is 174 Å². The first-order chi connectivity index (χ1) is 14.1. The molecule has 0 radical (unpaired) electrons. The third-order valence-corrected chi connectivity index (χ3v) is 6.61. The Kier molecular flexibility index (Phi) is 3.63. The molecule has 1 aromatic carbocycles. The van der Waals surface area contributed by atoms with Crippen LogP contribution in [0.25, 0.3) is 16.7 Å². The zero-order valence-corrected chi connectivity index (χ0v) is 17.2. The molecule has 1 aliphatic carbocycles. The highest BCUT2D eigenvalue weighted by molar-refractivity contribution is 9.10. The number of fused-ring (bicyclic) bond motifs is 2. The first-order valence-electron chi connectivity index (χ1n) is 9.71. The van der Waals surface area contributed by atoms with E-state index in [0.29, 0.717) is 18.4 Å². The van der Waals surface area contributed by atoms with E-state index in [2.05, 4.69) is 41.2 Å². The van der Waals surface area contributed by atoms with Crippen molar-refractivity contribution in [2.24, 2.45) is 11.1 Å². The number of H-pyrrole nitrogens is 1. The Morgan fingerprint density at radius 1 is 1.24 bits per heavy atom. The van der Waals surface area contributed by atoms with Crippen LogP contribution in [-0.4, -0.2) is 48.7 Å². The number of aromatic amines is 1. The van der Waals surface area contributed by atoms with Gasteiger partial charge in [0.05, 0.1) is 28.2 Å². The van der Waals surface area contributed by atoms with Gasteiger partial charge in [0.2, 0.25) is 11.9 Å². The van der Waals surface area contributed by atoms with Gasteiger partial charge in [-0.15, -0.1) is 0 Å². The van der Waals surface area contributed by atoms with Crippen molar-refractivity contribution in [1.82, 2.24) is 29.5 Å². The third-order valence-electron chi connectivity index (χ3n) is 6.05. The standard InChI is InChI=1S/C19H20BrN9/c20-11-7-23-29-16(11)26-18(28-9-14(21)19(10-28)5-6-19)27-17(29)22-8-15-24-12-3-1-2-4-13(12)25-15/h1-4,7,14H,5-6,8-10,21H2,(H,24,25)(H,22,26,27)/t14-/m0/s1. The molecule has 10 heteroatoms. The molecule has 2 fully saturated rings. The summed E-state index contributed by atoms with van der Waals surface area (Å²) in [5.74, 6) is 2.15. The van der Waals surface area contributed by atoms with Crippen molar-refractivity contribution in [2.45, 2.75) is 25.4 Å². The van der Waals surface area contributed by atoms with Crippen molar-refractivity contribution >= 4 is 44.5 Å². The van der Waals surface area contributed by atoms with Crippen molar-refractivity contribution in [3.8, 4) is 0 Å². The van der Waals surface area contributed by atoms with Crippen molar-refractivity contribution in [3.63, 3.8) is 0 Å². The number of benzene rings is 1. The zero-order chi connectivity index (χ0) is 19.6. The van der Waals surface area contributed by atoms with Crippen LogP contribution in [0.4, 0.5) is 11.9 Å². The number of nitrogens with two attached hydrogens (primary N) is 1. The second-order valence-electron chi connectivity index (χ2n) is 7.98. The lowest BCUT2D eigenvalue weighted by Gasteiger charge is -2.17. The highest BCUT2D eigenvalue weighted by Gasteiger charge is 2.54. The molecule has 0 unspecified atom stereocenters. The van der Waals surface area contributed by atoms with Gasteiger partial charge in [-0.25, -0.2) is 4.98 Å². The summed E-state index contributed by atoms with van der Waals surface area (Å²) < 4.78 is 2.54. The van der Waals surface area contributed by atoms with Crippen molar-refractivity contribution in [1.29, 1.82) is 0 Å². The number of imidazole rings is 1. The molecule has 1 saturated carbocycles. The molecule has 148 valence electrons. The van der Waals surface area contributed by atoms with Gasteiger partial charge in [0, 0.05) is 24.5 Å². The van der Waals surface area contributed by atoms with Crippen LogP contribution in [0.15, 0.2) is 34.9 Å². The van der Waals surface area contributed by atoms with E-state index in [0.717, 1.165) is 40.1 Å². The summed E-state index contributed by atoms with van der Waals surface area (Å²) in [6.07, 6.45) is 4.12. The smallest absolute Gasteiger partial charge is 0.230 e. The Morgan fingerprint density at radius 3 is 2.90 bits per heavy atom. The van der Waals surface area contributed by atoms with Crippen LogP contribution >= 0.6 is 15.9 Å². The second-order valence-corrected chi connectivity index (χ2v) is 8.83. The highest BCUT2D eigenvalue weighted by atomic mass is 79.9. The number of rotatable bonds is 4. The zero-order valence-electron chi connectivity index (χ0n) is 15.6. The first-order valence-corrected chi connectivity index (χ1v) is 10.5. The van der Waals surface area contributed by atoms with Crippen molar-refractivity contribution in [3.05, 3.63) is 40.8 Å². The monoisotopic (exact) mass is 453 g/mol. The number of halogens is 1. The average Bonchev–Trinajstić information content (AvgIpc) is 3.07. The Morgan fingerprint density at radius 2 is 2.10 bits per heavy atom. The quantitative estimate of drug-likeness (QED) is 0.434. The summed E-state index contributed by atoms with van der Waals surface area (Å²) in [6.45, 7) is 2.20. The summed E-state index contributed by atoms with van der Waals surface area (Å²) >= 11 is 3.55. The number of anilines is 2. The van der Waals surface area contributed by atoms with E-state index in [-0.39, 0.29) is 11.5 Å². The van der Waals surface area contributed by atoms with E-state index in [1.54, 1.807) is 10.7 Å². The van der Waals surface area contributed by atoms with E-state index in [1.807, 2.05) is 24.3 Å². The van der Waals surface area contributed by atoms with Gasteiger partial charge in [-0.1, -0.05) is 12.1 Å². The summed E-state index contributed by atoms with van der Waals surface area (Å²) in [5, 5.41) is 7.77. The molecule has 0 amide bonds. The summed E-state index contributed by atoms with van der Waals surface area (Å²) in [6, 6.07) is 8.16. The molecule has 0 bridgehead atoms. The summed E-state index contributed by atoms with van der Waals surface area (Å²) in [4.78, 5) is 19.7. The van der Waals surface area contributed by atoms with E-state index >= 15 is 0 Å². The number of para-hydroxylation sites is 2. The SMILES string of the molecule is N[C@H]1CN(c2nc(NCc3nc4ccccc4[nH]3)n3ncc(Br)c3n2)CC12CC2.